The lowest BCUT2D eigenvalue weighted by Gasteiger charge is -2.14. The zero-order valence-corrected chi connectivity index (χ0v) is 10.8. The quantitative estimate of drug-likeness (QED) is 0.796. The third-order valence-corrected chi connectivity index (χ3v) is 4.77. The molecule has 0 amide bonds. The van der Waals surface area contributed by atoms with Gasteiger partial charge in [0, 0.05) is 19.3 Å². The smallest absolute Gasteiger partial charge is 0.305 e. The summed E-state index contributed by atoms with van der Waals surface area (Å²) >= 11 is 0. The maximum atomic E-state index is 12.1. The number of rotatable bonds is 6. The Morgan fingerprint density at radius 3 is 2.83 bits per heavy atom. The zero-order valence-electron chi connectivity index (χ0n) is 9.98. The molecule has 1 aromatic heterocycles. The standard InChI is InChI=1S/C10H15N3O4S/c1-12(8-2-3-8)18(16,17)9-6-11-13(7-9)5-4-10(14)15/h6-8H,2-5H2,1H3,(H,14,15). The molecule has 0 radical (unpaired) electrons. The van der Waals surface area contributed by atoms with Gasteiger partial charge in [0.05, 0.1) is 19.2 Å². The van der Waals surface area contributed by atoms with E-state index in [4.69, 9.17) is 5.11 Å². The Bertz CT molecular complexity index is 547. The molecule has 1 saturated carbocycles. The number of hydrogen-bond donors (Lipinski definition) is 1. The summed E-state index contributed by atoms with van der Waals surface area (Å²) in [6, 6.07) is 0.0948. The van der Waals surface area contributed by atoms with Crippen LogP contribution in [0.2, 0.25) is 0 Å². The van der Waals surface area contributed by atoms with Crippen molar-refractivity contribution < 1.29 is 18.3 Å². The first-order valence-electron chi connectivity index (χ1n) is 5.63. The number of carboxylic acid groups (broad SMARTS) is 1. The average molecular weight is 273 g/mol. The summed E-state index contributed by atoms with van der Waals surface area (Å²) < 4.78 is 26.9. The van der Waals surface area contributed by atoms with Gasteiger partial charge in [0.25, 0.3) is 0 Å². The average Bonchev–Trinajstić information content (AvgIpc) is 3.03. The Morgan fingerprint density at radius 1 is 1.61 bits per heavy atom. The summed E-state index contributed by atoms with van der Waals surface area (Å²) in [5.74, 6) is -0.940. The minimum absolute atomic E-state index is 0.0837. The largest absolute Gasteiger partial charge is 0.481 e. The fourth-order valence-corrected chi connectivity index (χ4v) is 2.98. The number of hydrogen-bond acceptors (Lipinski definition) is 4. The molecule has 0 unspecified atom stereocenters. The van der Waals surface area contributed by atoms with Gasteiger partial charge in [0.2, 0.25) is 10.0 Å². The van der Waals surface area contributed by atoms with E-state index >= 15 is 0 Å². The van der Waals surface area contributed by atoms with E-state index in [1.54, 1.807) is 7.05 Å². The SMILES string of the molecule is CN(C1CC1)S(=O)(=O)c1cnn(CCC(=O)O)c1. The van der Waals surface area contributed by atoms with Gasteiger partial charge in [-0.1, -0.05) is 0 Å². The molecule has 0 atom stereocenters. The highest BCUT2D eigenvalue weighted by atomic mass is 32.2. The molecule has 0 aliphatic heterocycles. The number of nitrogens with zero attached hydrogens (tertiary/aromatic N) is 3. The number of aryl methyl sites for hydroxylation is 1. The van der Waals surface area contributed by atoms with Gasteiger partial charge >= 0.3 is 5.97 Å². The monoisotopic (exact) mass is 273 g/mol. The molecule has 0 saturated heterocycles. The second-order valence-corrected chi connectivity index (χ2v) is 6.33. The molecule has 8 heteroatoms. The maximum Gasteiger partial charge on any atom is 0.305 e. The predicted molar refractivity (Wildman–Crippen MR) is 62.5 cm³/mol. The van der Waals surface area contributed by atoms with Crippen LogP contribution in [0.3, 0.4) is 0 Å². The summed E-state index contributed by atoms with van der Waals surface area (Å²) in [5, 5.41) is 12.4. The van der Waals surface area contributed by atoms with Crippen molar-refractivity contribution in [3.8, 4) is 0 Å². The van der Waals surface area contributed by atoms with Crippen LogP contribution in [-0.2, 0) is 21.4 Å². The molecule has 18 heavy (non-hydrogen) atoms. The van der Waals surface area contributed by atoms with Crippen molar-refractivity contribution in [2.45, 2.75) is 36.7 Å². The molecule has 1 heterocycles. The van der Waals surface area contributed by atoms with Crippen molar-refractivity contribution in [1.29, 1.82) is 0 Å². The Hall–Kier alpha value is -1.41. The molecule has 7 nitrogen and oxygen atoms in total. The number of sulfonamides is 1. The van der Waals surface area contributed by atoms with Crippen molar-refractivity contribution in [2.75, 3.05) is 7.05 Å². The molecule has 1 aromatic rings. The molecule has 100 valence electrons. The number of aliphatic carboxylic acids is 1. The molecule has 0 aromatic carbocycles. The van der Waals surface area contributed by atoms with E-state index in [-0.39, 0.29) is 23.9 Å². The minimum Gasteiger partial charge on any atom is -0.481 e. The number of aromatic nitrogens is 2. The molecule has 1 aliphatic rings. The Balaban J connectivity index is 2.11. The van der Waals surface area contributed by atoms with Crippen LogP contribution in [0, 0.1) is 0 Å². The fourth-order valence-electron chi connectivity index (χ4n) is 1.61. The summed E-state index contributed by atoms with van der Waals surface area (Å²) in [5.41, 5.74) is 0. The van der Waals surface area contributed by atoms with Crippen LogP contribution in [0.5, 0.6) is 0 Å². The van der Waals surface area contributed by atoms with Crippen molar-refractivity contribution in [2.24, 2.45) is 0 Å². The van der Waals surface area contributed by atoms with Crippen molar-refractivity contribution >= 4 is 16.0 Å². The van der Waals surface area contributed by atoms with Gasteiger partial charge in [-0.2, -0.15) is 9.40 Å². The summed E-state index contributed by atoms with van der Waals surface area (Å²) in [7, 11) is -1.93. The van der Waals surface area contributed by atoms with Crippen molar-refractivity contribution in [3.63, 3.8) is 0 Å². The van der Waals surface area contributed by atoms with Crippen molar-refractivity contribution in [3.05, 3.63) is 12.4 Å². The second kappa shape index (κ2) is 4.69. The molecule has 0 bridgehead atoms. The predicted octanol–water partition coefficient (Wildman–Crippen LogP) is 0.141. The van der Waals surface area contributed by atoms with E-state index in [2.05, 4.69) is 5.10 Å². The van der Waals surface area contributed by atoms with Crippen LogP contribution in [0.25, 0.3) is 0 Å². The molecule has 2 rings (SSSR count). The van der Waals surface area contributed by atoms with E-state index in [0.29, 0.717) is 0 Å². The van der Waals surface area contributed by atoms with E-state index in [0.717, 1.165) is 12.8 Å². The van der Waals surface area contributed by atoms with E-state index in [1.807, 2.05) is 0 Å². The number of carboxylic acids is 1. The van der Waals surface area contributed by atoms with Crippen LogP contribution in [0.15, 0.2) is 17.3 Å². The summed E-state index contributed by atoms with van der Waals surface area (Å²) in [4.78, 5) is 10.5. The molecule has 0 spiro atoms. The van der Waals surface area contributed by atoms with Crippen molar-refractivity contribution in [1.82, 2.24) is 14.1 Å². The first-order chi connectivity index (χ1) is 8.41. The van der Waals surface area contributed by atoms with Gasteiger partial charge in [-0.3, -0.25) is 9.48 Å². The van der Waals surface area contributed by atoms with Crippen LogP contribution < -0.4 is 0 Å². The van der Waals surface area contributed by atoms with E-state index in [1.165, 1.54) is 21.4 Å². The molecule has 1 fully saturated rings. The number of carbonyl (C=O) groups is 1. The van der Waals surface area contributed by atoms with Gasteiger partial charge in [-0.05, 0) is 12.8 Å². The second-order valence-electron chi connectivity index (χ2n) is 4.34. The highest BCUT2D eigenvalue weighted by Crippen LogP contribution is 2.30. The summed E-state index contributed by atoms with van der Waals surface area (Å²) in [6.07, 6.45) is 4.33. The highest BCUT2D eigenvalue weighted by Gasteiger charge is 2.35. The summed E-state index contributed by atoms with van der Waals surface area (Å²) in [6.45, 7) is 0.165. The third kappa shape index (κ3) is 2.70. The van der Waals surface area contributed by atoms with Crippen LogP contribution in [0.1, 0.15) is 19.3 Å². The van der Waals surface area contributed by atoms with Crippen LogP contribution >= 0.6 is 0 Å². The molecular formula is C10H15N3O4S. The van der Waals surface area contributed by atoms with Gasteiger partial charge in [0.1, 0.15) is 4.90 Å². The lowest BCUT2D eigenvalue weighted by Crippen LogP contribution is -2.28. The Kier molecular flexibility index (Phi) is 3.40. The van der Waals surface area contributed by atoms with Gasteiger partial charge in [0.15, 0.2) is 0 Å². The minimum atomic E-state index is -3.49. The van der Waals surface area contributed by atoms with E-state index < -0.39 is 16.0 Å². The lowest BCUT2D eigenvalue weighted by atomic mass is 10.4. The normalized spacial score (nSPS) is 16.1. The topological polar surface area (TPSA) is 92.5 Å². The lowest BCUT2D eigenvalue weighted by molar-refractivity contribution is -0.137. The molecule has 1 N–H and O–H groups in total. The third-order valence-electron chi connectivity index (χ3n) is 2.90. The van der Waals surface area contributed by atoms with Crippen LogP contribution in [0.4, 0.5) is 0 Å². The van der Waals surface area contributed by atoms with Crippen LogP contribution in [-0.4, -0.2) is 46.7 Å². The van der Waals surface area contributed by atoms with Gasteiger partial charge in [-0.15, -0.1) is 0 Å². The Labute approximate surface area is 105 Å². The maximum absolute atomic E-state index is 12.1. The molecule has 1 aliphatic carbocycles. The first kappa shape index (κ1) is 13.0. The van der Waals surface area contributed by atoms with E-state index in [9.17, 15) is 13.2 Å². The zero-order chi connectivity index (χ0) is 13.3. The van der Waals surface area contributed by atoms with Gasteiger partial charge < -0.3 is 5.11 Å². The van der Waals surface area contributed by atoms with Gasteiger partial charge in [-0.25, -0.2) is 8.42 Å². The Morgan fingerprint density at radius 2 is 2.28 bits per heavy atom. The highest BCUT2D eigenvalue weighted by molar-refractivity contribution is 7.89. The molecular weight excluding hydrogens is 258 g/mol. The fraction of sp³-hybridized carbons (Fsp3) is 0.600. The first-order valence-corrected chi connectivity index (χ1v) is 7.07.